The second-order valence-electron chi connectivity index (χ2n) is 5.36. The molecule has 0 saturated heterocycles. The van der Waals surface area contributed by atoms with Crippen LogP contribution in [0.15, 0.2) is 77.3 Å². The first kappa shape index (κ1) is 17.5. The van der Waals surface area contributed by atoms with E-state index in [1.54, 1.807) is 0 Å². The van der Waals surface area contributed by atoms with E-state index in [1.165, 1.54) is 35.6 Å². The molecule has 0 aliphatic carbocycles. The maximum Gasteiger partial charge on any atom is 0.365 e. The molecule has 0 saturated carbocycles. The lowest BCUT2D eigenvalue weighted by molar-refractivity contribution is -0.384. The summed E-state index contributed by atoms with van der Waals surface area (Å²) in [5.41, 5.74) is 1.55. The number of rotatable bonds is 6. The number of non-ortho nitro benzene ring substituents is 1. The second kappa shape index (κ2) is 8.17. The van der Waals surface area contributed by atoms with Crippen LogP contribution in [-0.4, -0.2) is 16.6 Å². The van der Waals surface area contributed by atoms with Crippen LogP contribution in [0.2, 0.25) is 0 Å². The van der Waals surface area contributed by atoms with Gasteiger partial charge in [-0.05, 0) is 23.1 Å². The zero-order chi connectivity index (χ0) is 18.4. The third kappa shape index (κ3) is 4.40. The smallest absolute Gasteiger partial charge is 0.312 e. The molecule has 6 nitrogen and oxygen atoms in total. The van der Waals surface area contributed by atoms with Gasteiger partial charge in [-0.15, -0.1) is 11.3 Å². The molecule has 0 spiro atoms. The summed E-state index contributed by atoms with van der Waals surface area (Å²) in [5.74, 6) is -0.740. The predicted octanol–water partition coefficient (Wildman–Crippen LogP) is 4.46. The molecule has 7 heteroatoms. The number of oxime groups is 1. The van der Waals surface area contributed by atoms with Crippen LogP contribution >= 0.6 is 11.3 Å². The Morgan fingerprint density at radius 2 is 1.88 bits per heavy atom. The highest BCUT2D eigenvalue weighted by Gasteiger charge is 2.14. The van der Waals surface area contributed by atoms with E-state index in [1.807, 2.05) is 47.8 Å². The fourth-order valence-electron chi connectivity index (χ4n) is 2.29. The number of thiophene rings is 1. The van der Waals surface area contributed by atoms with Crippen LogP contribution in [0.25, 0.3) is 0 Å². The lowest BCUT2D eigenvalue weighted by Crippen LogP contribution is -2.08. The number of nitro groups is 1. The summed E-state index contributed by atoms with van der Waals surface area (Å²) in [6, 6.07) is 18.9. The summed E-state index contributed by atoms with van der Waals surface area (Å²) in [6.07, 6.45) is 0.504. The Morgan fingerprint density at radius 1 is 1.08 bits per heavy atom. The average Bonchev–Trinajstić information content (AvgIpc) is 3.20. The Morgan fingerprint density at radius 3 is 2.58 bits per heavy atom. The molecule has 1 heterocycles. The molecule has 0 radical (unpaired) electrons. The summed E-state index contributed by atoms with van der Waals surface area (Å²) in [6.45, 7) is 0. The Hall–Kier alpha value is -3.32. The molecular weight excluding hydrogens is 352 g/mol. The fourth-order valence-corrected chi connectivity index (χ4v) is 3.00. The first-order valence-electron chi connectivity index (χ1n) is 7.74. The summed E-state index contributed by atoms with van der Waals surface area (Å²) in [4.78, 5) is 28.4. The van der Waals surface area contributed by atoms with Gasteiger partial charge in [0.05, 0.1) is 15.4 Å². The Balaban J connectivity index is 1.81. The summed E-state index contributed by atoms with van der Waals surface area (Å²) in [7, 11) is 0. The van der Waals surface area contributed by atoms with Gasteiger partial charge in [-0.25, -0.2) is 4.79 Å². The maximum atomic E-state index is 12.2. The van der Waals surface area contributed by atoms with Crippen LogP contribution in [0.3, 0.4) is 0 Å². The van der Waals surface area contributed by atoms with Crippen molar-refractivity contribution < 1.29 is 14.6 Å². The lowest BCUT2D eigenvalue weighted by atomic mass is 10.1. The van der Waals surface area contributed by atoms with Gasteiger partial charge in [-0.1, -0.05) is 47.6 Å². The van der Waals surface area contributed by atoms with Crippen molar-refractivity contribution in [3.63, 3.8) is 0 Å². The topological polar surface area (TPSA) is 81.8 Å². The summed E-state index contributed by atoms with van der Waals surface area (Å²) in [5, 5.41) is 16.8. The fraction of sp³-hybridized carbons (Fsp3) is 0.0526. The van der Waals surface area contributed by atoms with Gasteiger partial charge >= 0.3 is 5.97 Å². The molecule has 0 amide bonds. The third-order valence-electron chi connectivity index (χ3n) is 3.55. The minimum Gasteiger partial charge on any atom is -0.312 e. The normalized spacial score (nSPS) is 11.2. The number of benzene rings is 2. The van der Waals surface area contributed by atoms with Crippen LogP contribution in [0, 0.1) is 10.1 Å². The molecular formula is C19H14N2O4S. The van der Waals surface area contributed by atoms with Crippen molar-refractivity contribution in [1.82, 2.24) is 0 Å². The average molecular weight is 366 g/mol. The highest BCUT2D eigenvalue weighted by molar-refractivity contribution is 7.12. The van der Waals surface area contributed by atoms with Crippen molar-refractivity contribution in [2.45, 2.75) is 6.42 Å². The van der Waals surface area contributed by atoms with Crippen LogP contribution in [0.5, 0.6) is 0 Å². The summed E-state index contributed by atoms with van der Waals surface area (Å²) >= 11 is 1.49. The van der Waals surface area contributed by atoms with Crippen molar-refractivity contribution in [2.24, 2.45) is 5.16 Å². The molecule has 0 fully saturated rings. The number of hydrogen-bond donors (Lipinski definition) is 0. The Kier molecular flexibility index (Phi) is 5.50. The van der Waals surface area contributed by atoms with Gasteiger partial charge in [0.1, 0.15) is 5.71 Å². The number of nitro benzene ring substituents is 1. The molecule has 0 aliphatic rings. The highest BCUT2D eigenvalue weighted by Crippen LogP contribution is 2.16. The largest absolute Gasteiger partial charge is 0.365 e. The zero-order valence-electron chi connectivity index (χ0n) is 13.6. The predicted molar refractivity (Wildman–Crippen MR) is 99.5 cm³/mol. The minimum absolute atomic E-state index is 0.0770. The lowest BCUT2D eigenvalue weighted by Gasteiger charge is -2.05. The molecule has 0 atom stereocenters. The van der Waals surface area contributed by atoms with Crippen LogP contribution in [-0.2, 0) is 11.3 Å². The van der Waals surface area contributed by atoms with Crippen molar-refractivity contribution in [1.29, 1.82) is 0 Å². The van der Waals surface area contributed by atoms with Gasteiger partial charge in [0.2, 0.25) is 0 Å². The molecule has 3 rings (SSSR count). The van der Waals surface area contributed by atoms with Crippen molar-refractivity contribution in [3.05, 3.63) is 98.2 Å². The second-order valence-corrected chi connectivity index (χ2v) is 6.31. The molecule has 0 N–H and O–H groups in total. The van der Waals surface area contributed by atoms with E-state index in [-0.39, 0.29) is 11.3 Å². The van der Waals surface area contributed by atoms with Gasteiger partial charge < -0.3 is 4.84 Å². The molecule has 0 unspecified atom stereocenters. The van der Waals surface area contributed by atoms with Gasteiger partial charge in [0.25, 0.3) is 5.69 Å². The van der Waals surface area contributed by atoms with Gasteiger partial charge in [-0.2, -0.15) is 0 Å². The zero-order valence-corrected chi connectivity index (χ0v) is 14.4. The van der Waals surface area contributed by atoms with E-state index in [2.05, 4.69) is 5.16 Å². The van der Waals surface area contributed by atoms with E-state index in [9.17, 15) is 14.9 Å². The molecule has 0 bridgehead atoms. The molecule has 0 aliphatic heterocycles. The van der Waals surface area contributed by atoms with Crippen molar-refractivity contribution >= 4 is 28.7 Å². The number of carbonyl (C=O) groups excluding carboxylic acids is 1. The van der Waals surface area contributed by atoms with Crippen LogP contribution < -0.4 is 0 Å². The SMILES string of the molecule is O=C(O/N=C(\Cc1ccccc1)c1cccs1)c1cccc([N+](=O)[O-])c1. The maximum absolute atomic E-state index is 12.2. The third-order valence-corrected chi connectivity index (χ3v) is 4.47. The van der Waals surface area contributed by atoms with E-state index in [0.29, 0.717) is 12.1 Å². The minimum atomic E-state index is -0.740. The van der Waals surface area contributed by atoms with Crippen LogP contribution in [0.4, 0.5) is 5.69 Å². The van der Waals surface area contributed by atoms with E-state index >= 15 is 0 Å². The number of nitrogens with zero attached hydrogens (tertiary/aromatic N) is 2. The van der Waals surface area contributed by atoms with E-state index < -0.39 is 10.9 Å². The van der Waals surface area contributed by atoms with Crippen molar-refractivity contribution in [2.75, 3.05) is 0 Å². The highest BCUT2D eigenvalue weighted by atomic mass is 32.1. The van der Waals surface area contributed by atoms with Crippen molar-refractivity contribution in [3.8, 4) is 0 Å². The Labute approximate surface area is 153 Å². The number of hydrogen-bond acceptors (Lipinski definition) is 6. The quantitative estimate of drug-likeness (QED) is 0.279. The monoisotopic (exact) mass is 366 g/mol. The first-order chi connectivity index (χ1) is 12.6. The van der Waals surface area contributed by atoms with Gasteiger partial charge in [-0.3, -0.25) is 10.1 Å². The Bertz CT molecular complexity index is 937. The van der Waals surface area contributed by atoms with Gasteiger partial charge in [0.15, 0.2) is 0 Å². The molecule has 130 valence electrons. The first-order valence-corrected chi connectivity index (χ1v) is 8.62. The summed E-state index contributed by atoms with van der Waals surface area (Å²) < 4.78 is 0. The number of carbonyl (C=O) groups is 1. The molecule has 2 aromatic carbocycles. The molecule has 3 aromatic rings. The molecule has 1 aromatic heterocycles. The molecule has 26 heavy (non-hydrogen) atoms. The standard InChI is InChI=1S/C19H14N2O4S/c22-19(15-8-4-9-16(13-15)21(23)24)25-20-17(18-10-5-11-26-18)12-14-6-2-1-3-7-14/h1-11,13H,12H2/b20-17+. The van der Waals surface area contributed by atoms with Gasteiger partial charge in [0, 0.05) is 18.6 Å². The van der Waals surface area contributed by atoms with Crippen LogP contribution in [0.1, 0.15) is 20.8 Å². The van der Waals surface area contributed by atoms with E-state index in [4.69, 9.17) is 4.84 Å². The van der Waals surface area contributed by atoms with E-state index in [0.717, 1.165) is 10.4 Å².